The molecule has 0 saturated carbocycles. The molecular weight excluding hydrogens is 1470 g/mol. The molecule has 8 heterocycles. The Morgan fingerprint density at radius 1 is 0.319 bits per heavy atom. The molecule has 0 aliphatic rings. The topological polar surface area (TPSA) is 405 Å². The van der Waals surface area contributed by atoms with Gasteiger partial charge in [-0.15, -0.1) is 0 Å². The monoisotopic (exact) mass is 1560 g/mol. The maximum Gasteiger partial charge on any atom is 0.267 e. The SMILES string of the molecule is CC(C)Cn1ccc2cc(-c3cc([C@H](O)CO)cc(C(N)=O)n3)ccc21.Cc1ccc(Cn2ccc3cc(-c4cc(C(N)=O)nc([C@@H](O)CO)c4)ccc32)cc1.Cc1ccc(Cn2ccc3cc(-c4cc(C(N)=O)nc([C@H](O)CO)c4)ccc32)cc1.Cc1ccc(Cn2ccc3cc(-c4cc([C@H](O)CO)cc(C(N)=O)n4)ccc32)cc1. The highest BCUT2D eigenvalue weighted by molar-refractivity contribution is 5.96. The van der Waals surface area contributed by atoms with Gasteiger partial charge in [0.05, 0.1) is 49.2 Å². The minimum atomic E-state index is -1.18. The van der Waals surface area contributed by atoms with Gasteiger partial charge in [-0.1, -0.05) is 128 Å². The highest BCUT2D eigenvalue weighted by Crippen LogP contribution is 2.34. The van der Waals surface area contributed by atoms with E-state index in [4.69, 9.17) is 22.9 Å². The van der Waals surface area contributed by atoms with Crippen LogP contribution < -0.4 is 22.9 Å². The Kier molecular flexibility index (Phi) is 26.1. The molecule has 15 rings (SSSR count). The smallest absolute Gasteiger partial charge is 0.267 e. The Morgan fingerprint density at radius 3 is 0.905 bits per heavy atom. The van der Waals surface area contributed by atoms with Crippen LogP contribution in [-0.4, -0.2) is 129 Å². The van der Waals surface area contributed by atoms with Crippen LogP contribution in [0.5, 0.6) is 0 Å². The normalized spacial score (nSPS) is 12.3. The first kappa shape index (κ1) is 82.3. The molecule has 16 N–H and O–H groups in total. The number of carbonyl (C=O) groups is 4. The summed E-state index contributed by atoms with van der Waals surface area (Å²) in [6.45, 7) is 11.9. The Balaban J connectivity index is 0.000000143. The van der Waals surface area contributed by atoms with E-state index in [-0.39, 0.29) is 34.2 Å². The molecule has 24 heteroatoms. The molecule has 4 amide bonds. The number of primary amides is 4. The molecular formula is C92H92N12O12. The number of aryl methyl sites for hydroxylation is 3. The minimum absolute atomic E-state index is 0.0482. The van der Waals surface area contributed by atoms with Gasteiger partial charge in [-0.2, -0.15) is 0 Å². The number of carbonyl (C=O) groups excluding carboxylic acids is 4. The standard InChI is InChI=1S/3C24H23N3O3.C20H23N3O3/c1-15-2-4-16(5-3-15)13-27-9-8-18-10-17(6-7-22(18)27)20-11-19(23(29)14-28)12-21(26-20)24(25)30;2*1-15-2-4-16(5-3-15)13-27-9-8-18-10-17(6-7-22(18)27)19-11-20(23(29)14-28)26-21(12-19)24(25)30;1-12(2)10-23-6-5-14-7-13(3-4-18(14)23)16-8-15(19(25)11-24)9-17(22-16)20(21)26/h3*2-12,23,28-29H,13-14H2,1H3,(H2,25,30);3-9,12,19,24-25H,10-11H2,1-2H3,(H2,21,26)/t3*23-;19-/m1101/s1. The predicted octanol–water partition coefficient (Wildman–Crippen LogP) is 12.0. The van der Waals surface area contributed by atoms with Crippen LogP contribution in [0.3, 0.4) is 0 Å². The van der Waals surface area contributed by atoms with Crippen molar-refractivity contribution in [2.75, 3.05) is 26.4 Å². The first-order valence-corrected chi connectivity index (χ1v) is 37.7. The van der Waals surface area contributed by atoms with E-state index < -0.39 is 74.5 Å². The third kappa shape index (κ3) is 19.9. The van der Waals surface area contributed by atoms with Gasteiger partial charge in [-0.3, -0.25) is 19.2 Å². The fraction of sp³-hybridized carbons (Fsp3) is 0.196. The lowest BCUT2D eigenvalue weighted by atomic mass is 10.0. The zero-order valence-corrected chi connectivity index (χ0v) is 64.7. The van der Waals surface area contributed by atoms with Crippen LogP contribution in [0, 0.1) is 26.7 Å². The average molecular weight is 1560 g/mol. The Bertz CT molecular complexity index is 5590. The van der Waals surface area contributed by atoms with E-state index in [0.717, 1.165) is 92.0 Å². The van der Waals surface area contributed by atoms with Crippen molar-refractivity contribution in [3.05, 3.63) is 322 Å². The molecule has 0 aliphatic carbocycles. The van der Waals surface area contributed by atoms with Gasteiger partial charge in [0.15, 0.2) is 0 Å². The maximum atomic E-state index is 11.7. The summed E-state index contributed by atoms with van der Waals surface area (Å²) in [6, 6.07) is 70.2. The largest absolute Gasteiger partial charge is 0.393 e. The molecule has 8 aromatic heterocycles. The number of hydrogen-bond donors (Lipinski definition) is 12. The number of hydrogen-bond acceptors (Lipinski definition) is 16. The van der Waals surface area contributed by atoms with E-state index in [2.05, 4.69) is 164 Å². The van der Waals surface area contributed by atoms with Gasteiger partial charge in [-0.25, -0.2) is 19.9 Å². The number of aliphatic hydroxyl groups is 8. The van der Waals surface area contributed by atoms with Gasteiger partial charge < -0.3 is 82.1 Å². The highest BCUT2D eigenvalue weighted by atomic mass is 16.3. The van der Waals surface area contributed by atoms with Crippen LogP contribution in [0.15, 0.2) is 243 Å². The number of nitrogens with zero attached hydrogens (tertiary/aromatic N) is 8. The predicted molar refractivity (Wildman–Crippen MR) is 449 cm³/mol. The molecule has 7 aromatic carbocycles. The Hall–Kier alpha value is -13.1. The molecule has 0 unspecified atom stereocenters. The lowest BCUT2D eigenvalue weighted by Gasteiger charge is -2.12. The van der Waals surface area contributed by atoms with Crippen LogP contribution in [-0.2, 0) is 26.2 Å². The summed E-state index contributed by atoms with van der Waals surface area (Å²) >= 11 is 0. The Labute approximate surface area is 669 Å². The van der Waals surface area contributed by atoms with E-state index in [9.17, 15) is 60.0 Å². The molecule has 0 aliphatic heterocycles. The first-order valence-electron chi connectivity index (χ1n) is 37.7. The summed E-state index contributed by atoms with van der Waals surface area (Å²) in [5.41, 5.74) is 40.6. The molecule has 0 fully saturated rings. The zero-order valence-electron chi connectivity index (χ0n) is 64.7. The lowest BCUT2D eigenvalue weighted by Crippen LogP contribution is -2.16. The van der Waals surface area contributed by atoms with Gasteiger partial charge in [0, 0.05) is 106 Å². The summed E-state index contributed by atoms with van der Waals surface area (Å²) in [5, 5.41) is 81.1. The number of amides is 4. The molecule has 592 valence electrons. The van der Waals surface area contributed by atoms with Gasteiger partial charge in [0.1, 0.15) is 47.2 Å². The lowest BCUT2D eigenvalue weighted by molar-refractivity contribution is 0.0910. The average Bonchev–Trinajstić information content (AvgIpc) is 1.68. The maximum absolute atomic E-state index is 11.7. The number of fused-ring (bicyclic) bond motifs is 4. The molecule has 24 nitrogen and oxygen atoms in total. The van der Waals surface area contributed by atoms with E-state index >= 15 is 0 Å². The van der Waals surface area contributed by atoms with Crippen molar-refractivity contribution in [3.8, 4) is 44.8 Å². The van der Waals surface area contributed by atoms with E-state index in [0.29, 0.717) is 39.6 Å². The fourth-order valence-corrected chi connectivity index (χ4v) is 13.6. The molecule has 0 saturated heterocycles. The van der Waals surface area contributed by atoms with Gasteiger partial charge >= 0.3 is 0 Å². The van der Waals surface area contributed by atoms with Crippen molar-refractivity contribution in [2.24, 2.45) is 28.9 Å². The number of rotatable bonds is 24. The number of pyridine rings is 4. The number of aromatic nitrogens is 8. The van der Waals surface area contributed by atoms with E-state index in [1.54, 1.807) is 36.4 Å². The molecule has 0 radical (unpaired) electrons. The van der Waals surface area contributed by atoms with Crippen molar-refractivity contribution in [1.82, 2.24) is 38.2 Å². The van der Waals surface area contributed by atoms with E-state index in [1.807, 2.05) is 103 Å². The van der Waals surface area contributed by atoms with Crippen LogP contribution in [0.4, 0.5) is 0 Å². The second-order valence-corrected chi connectivity index (χ2v) is 29.2. The quantitative estimate of drug-likeness (QED) is 0.0267. The summed E-state index contributed by atoms with van der Waals surface area (Å²) in [6.07, 6.45) is 3.65. The van der Waals surface area contributed by atoms with E-state index in [1.165, 1.54) is 45.5 Å². The van der Waals surface area contributed by atoms with Crippen molar-refractivity contribution in [1.29, 1.82) is 0 Å². The molecule has 0 bridgehead atoms. The van der Waals surface area contributed by atoms with Crippen LogP contribution in [0.25, 0.3) is 88.4 Å². The summed E-state index contributed by atoms with van der Waals surface area (Å²) in [5.74, 6) is -2.19. The molecule has 15 aromatic rings. The van der Waals surface area contributed by atoms with Crippen LogP contribution in [0.2, 0.25) is 0 Å². The molecule has 116 heavy (non-hydrogen) atoms. The van der Waals surface area contributed by atoms with Crippen molar-refractivity contribution < 1.29 is 60.0 Å². The van der Waals surface area contributed by atoms with Crippen LogP contribution in [0.1, 0.15) is 136 Å². The summed E-state index contributed by atoms with van der Waals surface area (Å²) in [7, 11) is 0. The second-order valence-electron chi connectivity index (χ2n) is 29.2. The highest BCUT2D eigenvalue weighted by Gasteiger charge is 2.21. The van der Waals surface area contributed by atoms with Crippen molar-refractivity contribution in [3.63, 3.8) is 0 Å². The minimum Gasteiger partial charge on any atom is -0.393 e. The Morgan fingerprint density at radius 2 is 0.603 bits per heavy atom. The summed E-state index contributed by atoms with van der Waals surface area (Å²) < 4.78 is 8.76. The molecule has 0 spiro atoms. The van der Waals surface area contributed by atoms with Crippen molar-refractivity contribution in [2.45, 2.75) is 85.2 Å². The number of nitrogens with two attached hydrogens (primary N) is 4. The molecule has 4 atom stereocenters. The first-order chi connectivity index (χ1) is 55.7. The van der Waals surface area contributed by atoms with Gasteiger partial charge in [0.25, 0.3) is 23.6 Å². The third-order valence-electron chi connectivity index (χ3n) is 19.9. The fourth-order valence-electron chi connectivity index (χ4n) is 13.6. The number of benzene rings is 7. The van der Waals surface area contributed by atoms with Gasteiger partial charge in [-0.05, 0) is 198 Å². The van der Waals surface area contributed by atoms with Crippen LogP contribution >= 0.6 is 0 Å². The summed E-state index contributed by atoms with van der Waals surface area (Å²) in [4.78, 5) is 63.4. The number of aliphatic hydroxyl groups excluding tert-OH is 8. The third-order valence-corrected chi connectivity index (χ3v) is 19.9. The second kappa shape index (κ2) is 36.8. The zero-order chi connectivity index (χ0) is 82.6. The van der Waals surface area contributed by atoms with Gasteiger partial charge in [0.2, 0.25) is 0 Å². The van der Waals surface area contributed by atoms with Crippen molar-refractivity contribution >= 4 is 67.2 Å².